The van der Waals surface area contributed by atoms with Gasteiger partial charge in [0.05, 0.1) is 13.2 Å². The second-order valence-corrected chi connectivity index (χ2v) is 19.8. The lowest BCUT2D eigenvalue weighted by Crippen LogP contribution is -2.48. The number of hydrogen-bond acceptors (Lipinski definition) is 6. The summed E-state index contributed by atoms with van der Waals surface area (Å²) >= 11 is 0. The Morgan fingerprint density at radius 3 is 0.571 bits per heavy atom. The number of carboxylic acids is 3. The maximum Gasteiger partial charge on any atom is 0.303 e. The Hall–Kier alpha value is -1.71. The number of hydrogen-bond donors (Lipinski definition) is 6. The summed E-state index contributed by atoms with van der Waals surface area (Å²) in [7, 11) is 0. The Kier molecular flexibility index (Phi) is 44.2. The molecule has 0 aliphatic carbocycles. The van der Waals surface area contributed by atoms with Gasteiger partial charge in [0.25, 0.3) is 0 Å². The van der Waals surface area contributed by atoms with Crippen molar-refractivity contribution < 1.29 is 45.0 Å². The minimum atomic E-state index is -0.688. The van der Waals surface area contributed by atoms with Crippen molar-refractivity contribution in [3.05, 3.63) is 0 Å². The average molecular weight is 897 g/mol. The molecule has 0 radical (unpaired) electrons. The molecule has 0 aromatic heterocycles. The zero-order valence-corrected chi connectivity index (χ0v) is 41.1. The molecule has 63 heavy (non-hydrogen) atoms. The Balaban J connectivity index is 4.92. The Bertz CT molecular complexity index is 906. The van der Waals surface area contributed by atoms with Gasteiger partial charge in [-0.05, 0) is 50.4 Å². The van der Waals surface area contributed by atoms with Crippen LogP contribution in [0.15, 0.2) is 0 Å². The van der Waals surface area contributed by atoms with E-state index >= 15 is 0 Å². The highest BCUT2D eigenvalue weighted by Crippen LogP contribution is 2.53. The van der Waals surface area contributed by atoms with Gasteiger partial charge >= 0.3 is 17.9 Å². The zero-order chi connectivity index (χ0) is 46.4. The van der Waals surface area contributed by atoms with Crippen molar-refractivity contribution in [2.24, 2.45) is 10.8 Å². The van der Waals surface area contributed by atoms with Crippen LogP contribution >= 0.6 is 0 Å². The van der Waals surface area contributed by atoms with Crippen molar-refractivity contribution in [2.45, 2.75) is 295 Å². The van der Waals surface area contributed by atoms with Crippen LogP contribution in [0, 0.1) is 10.8 Å². The van der Waals surface area contributed by atoms with Crippen molar-refractivity contribution >= 4 is 17.9 Å². The van der Waals surface area contributed by atoms with Crippen LogP contribution in [-0.2, 0) is 14.4 Å². The number of aliphatic carboxylic acids is 3. The van der Waals surface area contributed by atoms with E-state index in [2.05, 4.69) is 0 Å². The number of aliphatic hydroxyl groups excluding tert-OH is 3. The highest BCUT2D eigenvalue weighted by Gasteiger charge is 2.48. The fourth-order valence-corrected chi connectivity index (χ4v) is 10.2. The van der Waals surface area contributed by atoms with E-state index in [-0.39, 0.29) is 25.2 Å². The van der Waals surface area contributed by atoms with Gasteiger partial charge in [0.2, 0.25) is 0 Å². The first kappa shape index (κ1) is 61.3. The van der Waals surface area contributed by atoms with E-state index in [1.807, 2.05) is 0 Å². The predicted octanol–water partition coefficient (Wildman–Crippen LogP) is 15.1. The second-order valence-electron chi connectivity index (χ2n) is 19.8. The molecule has 6 N–H and O–H groups in total. The molecule has 9 heteroatoms. The minimum absolute atomic E-state index is 0.0109. The molecule has 0 aromatic rings. The van der Waals surface area contributed by atoms with Crippen LogP contribution < -0.4 is 0 Å². The van der Waals surface area contributed by atoms with E-state index in [4.69, 9.17) is 15.3 Å². The number of carbonyl (C=O) groups is 3. The largest absolute Gasteiger partial charge is 0.481 e. The first-order valence-corrected chi connectivity index (χ1v) is 27.2. The topological polar surface area (TPSA) is 173 Å². The van der Waals surface area contributed by atoms with Gasteiger partial charge < -0.3 is 30.6 Å². The molecule has 0 amide bonds. The smallest absolute Gasteiger partial charge is 0.303 e. The van der Waals surface area contributed by atoms with Gasteiger partial charge in [0.1, 0.15) is 0 Å². The molecule has 0 atom stereocenters. The molecular weight excluding hydrogens is 793 g/mol. The lowest BCUT2D eigenvalue weighted by atomic mass is 9.55. The lowest BCUT2D eigenvalue weighted by molar-refractivity contribution is -0.138. The Morgan fingerprint density at radius 2 is 0.413 bits per heavy atom. The van der Waals surface area contributed by atoms with E-state index in [9.17, 15) is 29.7 Å². The Morgan fingerprint density at radius 1 is 0.238 bits per heavy atom. The maximum absolute atomic E-state index is 11.0. The lowest BCUT2D eigenvalue weighted by Gasteiger charge is -2.50. The molecule has 0 saturated carbocycles. The summed E-state index contributed by atoms with van der Waals surface area (Å²) in [6.45, 7) is -0.156. The summed E-state index contributed by atoms with van der Waals surface area (Å²) < 4.78 is 0. The third kappa shape index (κ3) is 37.1. The van der Waals surface area contributed by atoms with Crippen LogP contribution in [0.2, 0.25) is 0 Å². The third-order valence-electron chi connectivity index (χ3n) is 14.5. The van der Waals surface area contributed by atoms with Crippen molar-refractivity contribution in [3.8, 4) is 0 Å². The molecule has 374 valence electrons. The zero-order valence-electron chi connectivity index (χ0n) is 41.1. The van der Waals surface area contributed by atoms with Gasteiger partial charge in [0, 0.05) is 31.3 Å². The maximum atomic E-state index is 11.0. The summed E-state index contributed by atoms with van der Waals surface area (Å²) in [6.07, 6.45) is 50.4. The van der Waals surface area contributed by atoms with Crippen molar-refractivity contribution in [1.82, 2.24) is 0 Å². The van der Waals surface area contributed by atoms with Crippen LogP contribution in [-0.4, -0.2) is 68.4 Å². The third-order valence-corrected chi connectivity index (χ3v) is 14.5. The number of aliphatic hydroxyl groups is 3. The minimum Gasteiger partial charge on any atom is -0.481 e. The molecule has 0 fully saturated rings. The standard InChI is InChI=1S/C54H104O9/c55-47-46-54(48-56,49-57)53(43-37-31-25-19-13-7-1-4-10-16-22-28-34-40-50(58)59,44-38-32-26-20-14-8-2-5-11-17-23-29-35-41-51(60)61)45-39-33-27-21-15-9-3-6-12-18-24-30-36-42-52(62)63/h55-57H,1-49H2,(H,58,59)(H,60,61)(H,62,63). The van der Waals surface area contributed by atoms with Gasteiger partial charge in [-0.2, -0.15) is 0 Å². The summed E-state index contributed by atoms with van der Waals surface area (Å²) in [5, 5.41) is 58.7. The van der Waals surface area contributed by atoms with Crippen molar-refractivity contribution in [2.75, 3.05) is 19.8 Å². The van der Waals surface area contributed by atoms with Crippen LogP contribution in [0.4, 0.5) is 0 Å². The fraction of sp³-hybridized carbons (Fsp3) is 0.944. The van der Waals surface area contributed by atoms with E-state index < -0.39 is 23.3 Å². The summed E-state index contributed by atoms with van der Waals surface area (Å²) in [5.74, 6) is -2.06. The molecule has 0 spiro atoms. The first-order valence-electron chi connectivity index (χ1n) is 27.2. The fourth-order valence-electron chi connectivity index (χ4n) is 10.2. The Labute approximate surface area is 387 Å². The molecule has 0 rings (SSSR count). The van der Waals surface area contributed by atoms with Gasteiger partial charge in [0.15, 0.2) is 0 Å². The molecule has 0 aliphatic heterocycles. The molecule has 9 nitrogen and oxygen atoms in total. The average Bonchev–Trinajstić information content (AvgIpc) is 3.26. The molecule has 0 unspecified atom stereocenters. The second kappa shape index (κ2) is 45.4. The van der Waals surface area contributed by atoms with E-state index in [0.29, 0.717) is 25.7 Å². The van der Waals surface area contributed by atoms with E-state index in [0.717, 1.165) is 96.3 Å². The van der Waals surface area contributed by atoms with Crippen LogP contribution in [0.3, 0.4) is 0 Å². The molecule has 0 bridgehead atoms. The number of unbranched alkanes of at least 4 members (excludes halogenated alkanes) is 36. The van der Waals surface area contributed by atoms with Crippen LogP contribution in [0.25, 0.3) is 0 Å². The summed E-state index contributed by atoms with van der Waals surface area (Å²) in [4.78, 5) is 32.0. The predicted molar refractivity (Wildman–Crippen MR) is 261 cm³/mol. The highest BCUT2D eigenvalue weighted by atomic mass is 16.4. The molecular formula is C54H104O9. The first-order chi connectivity index (χ1) is 30.7. The van der Waals surface area contributed by atoms with Gasteiger partial charge in [-0.3, -0.25) is 14.4 Å². The normalized spacial score (nSPS) is 12.0. The van der Waals surface area contributed by atoms with Crippen molar-refractivity contribution in [1.29, 1.82) is 0 Å². The monoisotopic (exact) mass is 897 g/mol. The summed E-state index contributed by atoms with van der Waals surface area (Å²) in [6, 6.07) is 0. The quantitative estimate of drug-likeness (QED) is 0.0325. The van der Waals surface area contributed by atoms with Crippen LogP contribution in [0.5, 0.6) is 0 Å². The highest BCUT2D eigenvalue weighted by molar-refractivity contribution is 5.67. The van der Waals surface area contributed by atoms with Crippen LogP contribution in [0.1, 0.15) is 295 Å². The molecule has 0 aliphatic rings. The summed E-state index contributed by atoms with van der Waals surface area (Å²) in [5.41, 5.74) is -0.835. The number of carboxylic acid groups (broad SMARTS) is 3. The molecule has 0 aromatic carbocycles. The van der Waals surface area contributed by atoms with E-state index in [1.165, 1.54) is 173 Å². The molecule has 0 saturated heterocycles. The van der Waals surface area contributed by atoms with Crippen molar-refractivity contribution in [3.63, 3.8) is 0 Å². The van der Waals surface area contributed by atoms with E-state index in [1.54, 1.807) is 0 Å². The SMILES string of the molecule is O=C(O)CCCCCCCCCCCCCCCC(CCCCCCCCCCCCCCCC(=O)O)(CCCCCCCCCCCCCCCC(=O)O)C(CO)(CO)CCO. The number of rotatable bonds is 53. The van der Waals surface area contributed by atoms with Gasteiger partial charge in [-0.15, -0.1) is 0 Å². The van der Waals surface area contributed by atoms with Gasteiger partial charge in [-0.1, -0.05) is 231 Å². The van der Waals surface area contributed by atoms with Gasteiger partial charge in [-0.25, -0.2) is 0 Å². The molecule has 0 heterocycles.